The fraction of sp³-hybridized carbons (Fsp3) is 0.308. The third-order valence-corrected chi connectivity index (χ3v) is 2.29. The lowest BCUT2D eigenvalue weighted by atomic mass is 10.1. The van der Waals surface area contributed by atoms with E-state index >= 15 is 0 Å². The van der Waals surface area contributed by atoms with Gasteiger partial charge in [0, 0.05) is 12.5 Å². The molecule has 17 heavy (non-hydrogen) atoms. The highest BCUT2D eigenvalue weighted by atomic mass is 16.5. The molecule has 0 saturated heterocycles. The number of phenolic OH excluding ortho intramolecular Hbond substituents is 1. The van der Waals surface area contributed by atoms with E-state index in [-0.39, 0.29) is 11.5 Å². The molecule has 0 aromatic heterocycles. The second-order valence-corrected chi connectivity index (χ2v) is 3.88. The number of benzene rings is 1. The summed E-state index contributed by atoms with van der Waals surface area (Å²) in [6.45, 7) is 5.69. The number of anilines is 1. The van der Waals surface area contributed by atoms with Crippen molar-refractivity contribution in [3.63, 3.8) is 0 Å². The van der Waals surface area contributed by atoms with Crippen LogP contribution in [0.15, 0.2) is 30.4 Å². The number of nitrogen functional groups attached to an aromatic ring is 1. The third kappa shape index (κ3) is 4.18. The van der Waals surface area contributed by atoms with E-state index in [9.17, 15) is 9.90 Å². The fourth-order valence-electron chi connectivity index (χ4n) is 1.25. The molecule has 0 radical (unpaired) electrons. The van der Waals surface area contributed by atoms with Gasteiger partial charge in [-0.3, -0.25) is 4.79 Å². The minimum absolute atomic E-state index is 0.000474. The fourth-order valence-corrected chi connectivity index (χ4v) is 1.25. The molecule has 1 aromatic carbocycles. The van der Waals surface area contributed by atoms with Crippen LogP contribution < -0.4 is 10.5 Å². The van der Waals surface area contributed by atoms with Gasteiger partial charge in [-0.2, -0.15) is 0 Å². The van der Waals surface area contributed by atoms with Gasteiger partial charge in [0.1, 0.15) is 11.5 Å². The number of ether oxygens (including phenoxy) is 1. The maximum atomic E-state index is 11.2. The highest BCUT2D eigenvalue weighted by Crippen LogP contribution is 2.25. The Balaban J connectivity index is 2.34. The van der Waals surface area contributed by atoms with Crippen LogP contribution in [0.1, 0.15) is 19.8 Å². The van der Waals surface area contributed by atoms with Crippen molar-refractivity contribution < 1.29 is 14.6 Å². The second-order valence-electron chi connectivity index (χ2n) is 3.88. The summed E-state index contributed by atoms with van der Waals surface area (Å²) in [6, 6.07) is 4.70. The standard InChI is InChI=1S/C13H17NO3/c1-9(2)12(15)4-3-7-17-10-5-6-11(14)13(16)8-10/h5-6,8,16H,1,3-4,7,14H2,2H3. The largest absolute Gasteiger partial charge is 0.506 e. The Morgan fingerprint density at radius 2 is 2.24 bits per heavy atom. The normalized spacial score (nSPS) is 9.94. The predicted molar refractivity (Wildman–Crippen MR) is 67.1 cm³/mol. The van der Waals surface area contributed by atoms with Crippen molar-refractivity contribution >= 4 is 11.5 Å². The summed E-state index contributed by atoms with van der Waals surface area (Å²) in [7, 11) is 0. The number of ketones is 1. The first-order valence-corrected chi connectivity index (χ1v) is 5.40. The van der Waals surface area contributed by atoms with Gasteiger partial charge in [0.2, 0.25) is 0 Å². The summed E-state index contributed by atoms with van der Waals surface area (Å²) >= 11 is 0. The Kier molecular flexibility index (Phi) is 4.57. The van der Waals surface area contributed by atoms with Crippen molar-refractivity contribution in [2.45, 2.75) is 19.8 Å². The van der Waals surface area contributed by atoms with Gasteiger partial charge >= 0.3 is 0 Å². The lowest BCUT2D eigenvalue weighted by Crippen LogP contribution is -2.03. The Bertz CT molecular complexity index is 427. The van der Waals surface area contributed by atoms with Gasteiger partial charge in [-0.15, -0.1) is 0 Å². The first-order valence-electron chi connectivity index (χ1n) is 5.40. The Morgan fingerprint density at radius 1 is 1.53 bits per heavy atom. The van der Waals surface area contributed by atoms with Gasteiger partial charge in [0.05, 0.1) is 12.3 Å². The van der Waals surface area contributed by atoms with E-state index in [1.165, 1.54) is 6.07 Å². The zero-order valence-electron chi connectivity index (χ0n) is 9.90. The van der Waals surface area contributed by atoms with E-state index in [1.54, 1.807) is 19.1 Å². The summed E-state index contributed by atoms with van der Waals surface area (Å²) in [5.74, 6) is 0.591. The molecule has 0 aliphatic heterocycles. The first-order chi connectivity index (χ1) is 8.00. The van der Waals surface area contributed by atoms with Crippen molar-refractivity contribution in [1.82, 2.24) is 0 Å². The van der Waals surface area contributed by atoms with E-state index in [2.05, 4.69) is 6.58 Å². The average Bonchev–Trinajstić information content (AvgIpc) is 2.28. The molecule has 0 aliphatic rings. The number of rotatable bonds is 6. The Hall–Kier alpha value is -1.97. The van der Waals surface area contributed by atoms with Crippen LogP contribution in [0, 0.1) is 0 Å². The molecular formula is C13H17NO3. The predicted octanol–water partition coefficient (Wildman–Crippen LogP) is 2.28. The summed E-state index contributed by atoms with van der Waals surface area (Å²) in [4.78, 5) is 11.2. The molecule has 0 atom stereocenters. The number of allylic oxidation sites excluding steroid dienone is 1. The lowest BCUT2D eigenvalue weighted by molar-refractivity contribution is -0.115. The quantitative estimate of drug-likeness (QED) is 0.343. The van der Waals surface area contributed by atoms with E-state index in [0.29, 0.717) is 36.5 Å². The summed E-state index contributed by atoms with van der Waals surface area (Å²) in [5, 5.41) is 9.35. The van der Waals surface area contributed by atoms with Gasteiger partial charge in [0.25, 0.3) is 0 Å². The molecular weight excluding hydrogens is 218 g/mol. The van der Waals surface area contributed by atoms with Crippen LogP contribution in [0.4, 0.5) is 5.69 Å². The molecule has 4 nitrogen and oxygen atoms in total. The van der Waals surface area contributed by atoms with Crippen molar-refractivity contribution in [2.75, 3.05) is 12.3 Å². The molecule has 0 spiro atoms. The van der Waals surface area contributed by atoms with Crippen LogP contribution in [0.3, 0.4) is 0 Å². The first kappa shape index (κ1) is 13.1. The average molecular weight is 235 g/mol. The van der Waals surface area contributed by atoms with Crippen LogP contribution in [0.5, 0.6) is 11.5 Å². The Labute approximate surface area is 101 Å². The van der Waals surface area contributed by atoms with Crippen LogP contribution >= 0.6 is 0 Å². The van der Waals surface area contributed by atoms with E-state index in [0.717, 1.165) is 0 Å². The molecule has 0 fully saturated rings. The molecule has 1 rings (SSSR count). The van der Waals surface area contributed by atoms with Crippen molar-refractivity contribution in [2.24, 2.45) is 0 Å². The number of aromatic hydroxyl groups is 1. The van der Waals surface area contributed by atoms with Crippen molar-refractivity contribution in [3.05, 3.63) is 30.4 Å². The van der Waals surface area contributed by atoms with Crippen LogP contribution in [-0.4, -0.2) is 17.5 Å². The van der Waals surface area contributed by atoms with Gasteiger partial charge in [-0.05, 0) is 31.1 Å². The molecule has 0 aliphatic carbocycles. The van der Waals surface area contributed by atoms with Gasteiger partial charge in [-0.25, -0.2) is 0 Å². The lowest BCUT2D eigenvalue weighted by Gasteiger charge is -2.07. The minimum Gasteiger partial charge on any atom is -0.506 e. The van der Waals surface area contributed by atoms with E-state index in [1.807, 2.05) is 0 Å². The number of phenols is 1. The zero-order valence-corrected chi connectivity index (χ0v) is 9.90. The number of Topliss-reactive ketones (excluding diaryl/α,β-unsaturated/α-hetero) is 1. The smallest absolute Gasteiger partial charge is 0.158 e. The van der Waals surface area contributed by atoms with Gasteiger partial charge in [-0.1, -0.05) is 6.58 Å². The highest BCUT2D eigenvalue weighted by molar-refractivity contribution is 5.93. The van der Waals surface area contributed by atoms with Crippen LogP contribution in [0.2, 0.25) is 0 Å². The minimum atomic E-state index is 0.000474. The zero-order chi connectivity index (χ0) is 12.8. The molecule has 0 unspecified atom stereocenters. The maximum Gasteiger partial charge on any atom is 0.158 e. The van der Waals surface area contributed by atoms with Crippen LogP contribution in [0.25, 0.3) is 0 Å². The van der Waals surface area contributed by atoms with Gasteiger partial charge in [0.15, 0.2) is 5.78 Å². The van der Waals surface area contributed by atoms with E-state index in [4.69, 9.17) is 10.5 Å². The molecule has 92 valence electrons. The number of hydrogen-bond donors (Lipinski definition) is 2. The number of hydrogen-bond acceptors (Lipinski definition) is 4. The second kappa shape index (κ2) is 5.94. The SMILES string of the molecule is C=C(C)C(=O)CCCOc1ccc(N)c(O)c1. The third-order valence-electron chi connectivity index (χ3n) is 2.29. The number of carbonyl (C=O) groups is 1. The highest BCUT2D eigenvalue weighted by Gasteiger charge is 2.03. The van der Waals surface area contributed by atoms with Crippen molar-refractivity contribution in [3.8, 4) is 11.5 Å². The monoisotopic (exact) mass is 235 g/mol. The molecule has 0 saturated carbocycles. The number of carbonyl (C=O) groups excluding carboxylic acids is 1. The Morgan fingerprint density at radius 3 is 2.82 bits per heavy atom. The van der Waals surface area contributed by atoms with Gasteiger partial charge < -0.3 is 15.6 Å². The molecule has 0 bridgehead atoms. The molecule has 4 heteroatoms. The maximum absolute atomic E-state index is 11.2. The molecule has 0 amide bonds. The molecule has 0 heterocycles. The number of nitrogens with two attached hydrogens (primary N) is 1. The molecule has 3 N–H and O–H groups in total. The summed E-state index contributed by atoms with van der Waals surface area (Å²) in [6.07, 6.45) is 1.05. The van der Waals surface area contributed by atoms with Crippen molar-refractivity contribution in [1.29, 1.82) is 0 Å². The molecule has 1 aromatic rings. The summed E-state index contributed by atoms with van der Waals surface area (Å²) < 4.78 is 5.37. The topological polar surface area (TPSA) is 72.5 Å². The summed E-state index contributed by atoms with van der Waals surface area (Å²) in [5.41, 5.74) is 6.34. The van der Waals surface area contributed by atoms with E-state index < -0.39 is 0 Å². The van der Waals surface area contributed by atoms with Crippen LogP contribution in [-0.2, 0) is 4.79 Å².